The molecule has 0 radical (unpaired) electrons. The van der Waals surface area contributed by atoms with Gasteiger partial charge in [0.05, 0.1) is 32.1 Å². The largest absolute Gasteiger partial charge is 0.380 e. The Labute approximate surface area is 143 Å². The van der Waals surface area contributed by atoms with Crippen molar-refractivity contribution in [3.8, 4) is 0 Å². The average molecular weight is 355 g/mol. The standard InChI is InChI=1S/C16H25N3O4S/c1-13-5-4-6-15(17-13)9-23-12-16-10-19(24(20,21)18(2)3)7-14(16)8-22-11-16/h4-6,14H,7-12H2,1-3H3/t14-,16+/m1/s1. The maximum absolute atomic E-state index is 12.4. The summed E-state index contributed by atoms with van der Waals surface area (Å²) in [5, 5.41) is 0. The minimum absolute atomic E-state index is 0.178. The van der Waals surface area contributed by atoms with Gasteiger partial charge >= 0.3 is 0 Å². The number of hydrogen-bond donors (Lipinski definition) is 0. The van der Waals surface area contributed by atoms with Crippen LogP contribution in [0.2, 0.25) is 0 Å². The second-order valence-corrected chi connectivity index (χ2v) is 9.06. The Balaban J connectivity index is 1.65. The lowest BCUT2D eigenvalue weighted by Gasteiger charge is -2.27. The van der Waals surface area contributed by atoms with E-state index >= 15 is 0 Å². The minimum Gasteiger partial charge on any atom is -0.380 e. The molecule has 2 aliphatic heterocycles. The molecule has 2 fully saturated rings. The highest BCUT2D eigenvalue weighted by molar-refractivity contribution is 7.86. The number of aromatic nitrogens is 1. The van der Waals surface area contributed by atoms with Gasteiger partial charge in [0.15, 0.2) is 0 Å². The van der Waals surface area contributed by atoms with Crippen molar-refractivity contribution in [2.75, 3.05) is 47.0 Å². The van der Waals surface area contributed by atoms with Gasteiger partial charge in [0.1, 0.15) is 0 Å². The van der Waals surface area contributed by atoms with Crippen molar-refractivity contribution in [1.29, 1.82) is 0 Å². The summed E-state index contributed by atoms with van der Waals surface area (Å²) in [7, 11) is -0.272. The zero-order valence-corrected chi connectivity index (χ0v) is 15.3. The molecule has 0 aliphatic carbocycles. The first-order valence-electron chi connectivity index (χ1n) is 8.09. The van der Waals surface area contributed by atoms with Crippen molar-refractivity contribution in [3.63, 3.8) is 0 Å². The van der Waals surface area contributed by atoms with Crippen molar-refractivity contribution < 1.29 is 17.9 Å². The summed E-state index contributed by atoms with van der Waals surface area (Å²) >= 11 is 0. The molecule has 0 unspecified atom stereocenters. The summed E-state index contributed by atoms with van der Waals surface area (Å²) < 4.78 is 39.1. The molecule has 8 heteroatoms. The molecule has 24 heavy (non-hydrogen) atoms. The number of pyridine rings is 1. The molecule has 3 heterocycles. The average Bonchev–Trinajstić information content (AvgIpc) is 3.04. The third kappa shape index (κ3) is 3.34. The molecular weight excluding hydrogens is 330 g/mol. The Morgan fingerprint density at radius 2 is 2.25 bits per heavy atom. The zero-order chi connectivity index (χ0) is 17.4. The molecule has 1 aromatic rings. The van der Waals surface area contributed by atoms with Gasteiger partial charge in [-0.05, 0) is 19.1 Å². The van der Waals surface area contributed by atoms with E-state index in [1.165, 1.54) is 4.31 Å². The van der Waals surface area contributed by atoms with Crippen LogP contribution in [0.4, 0.5) is 0 Å². The first kappa shape index (κ1) is 17.8. The van der Waals surface area contributed by atoms with E-state index in [0.29, 0.717) is 39.5 Å². The van der Waals surface area contributed by atoms with Crippen LogP contribution in [0, 0.1) is 18.3 Å². The summed E-state index contributed by atoms with van der Waals surface area (Å²) in [6, 6.07) is 5.84. The maximum atomic E-state index is 12.4. The number of fused-ring (bicyclic) bond motifs is 1. The first-order chi connectivity index (χ1) is 11.3. The highest BCUT2D eigenvalue weighted by Crippen LogP contribution is 2.42. The highest BCUT2D eigenvalue weighted by atomic mass is 32.2. The van der Waals surface area contributed by atoms with E-state index in [0.717, 1.165) is 11.4 Å². The topological polar surface area (TPSA) is 72.0 Å². The second kappa shape index (κ2) is 6.68. The predicted octanol–water partition coefficient (Wildman–Crippen LogP) is 0.661. The molecule has 134 valence electrons. The third-order valence-corrected chi connectivity index (χ3v) is 6.72. The van der Waals surface area contributed by atoms with Gasteiger partial charge in [-0.1, -0.05) is 6.07 Å². The predicted molar refractivity (Wildman–Crippen MR) is 89.6 cm³/mol. The molecule has 1 aromatic heterocycles. The fourth-order valence-electron chi connectivity index (χ4n) is 3.43. The fraction of sp³-hybridized carbons (Fsp3) is 0.688. The van der Waals surface area contributed by atoms with Gasteiger partial charge in [0.2, 0.25) is 0 Å². The van der Waals surface area contributed by atoms with Crippen LogP contribution in [0.1, 0.15) is 11.4 Å². The Morgan fingerprint density at radius 1 is 1.46 bits per heavy atom. The molecule has 2 aliphatic rings. The minimum atomic E-state index is -3.40. The Hall–Kier alpha value is -1.06. The molecule has 0 spiro atoms. The van der Waals surface area contributed by atoms with Crippen molar-refractivity contribution in [2.45, 2.75) is 13.5 Å². The molecule has 3 rings (SSSR count). The summed E-state index contributed by atoms with van der Waals surface area (Å²) in [5.74, 6) is 0.178. The molecule has 0 N–H and O–H groups in total. The quantitative estimate of drug-likeness (QED) is 0.750. The van der Waals surface area contributed by atoms with Crippen LogP contribution in [0.5, 0.6) is 0 Å². The van der Waals surface area contributed by atoms with E-state index in [1.54, 1.807) is 18.4 Å². The number of rotatable bonds is 6. The van der Waals surface area contributed by atoms with Crippen molar-refractivity contribution >= 4 is 10.2 Å². The lowest BCUT2D eigenvalue weighted by Crippen LogP contribution is -2.41. The SMILES string of the molecule is Cc1cccc(COC[C@]23COC[C@H]2CN(S(=O)(=O)N(C)C)C3)n1. The monoisotopic (exact) mass is 355 g/mol. The van der Waals surface area contributed by atoms with Crippen LogP contribution < -0.4 is 0 Å². The van der Waals surface area contributed by atoms with E-state index < -0.39 is 10.2 Å². The maximum Gasteiger partial charge on any atom is 0.281 e. The summed E-state index contributed by atoms with van der Waals surface area (Å²) in [6.45, 7) is 4.92. The summed E-state index contributed by atoms with van der Waals surface area (Å²) in [6.07, 6.45) is 0. The van der Waals surface area contributed by atoms with Crippen molar-refractivity contribution in [2.24, 2.45) is 11.3 Å². The van der Waals surface area contributed by atoms with Crippen LogP contribution in [0.3, 0.4) is 0 Å². The highest BCUT2D eigenvalue weighted by Gasteiger charge is 2.53. The molecule has 2 saturated heterocycles. The summed E-state index contributed by atoms with van der Waals surface area (Å²) in [4.78, 5) is 4.43. The van der Waals surface area contributed by atoms with E-state index in [9.17, 15) is 8.42 Å². The molecule has 0 aromatic carbocycles. The van der Waals surface area contributed by atoms with E-state index in [1.807, 2.05) is 25.1 Å². The van der Waals surface area contributed by atoms with Crippen LogP contribution in [-0.2, 0) is 26.3 Å². The van der Waals surface area contributed by atoms with Gasteiger partial charge in [0, 0.05) is 44.2 Å². The van der Waals surface area contributed by atoms with Crippen molar-refractivity contribution in [1.82, 2.24) is 13.6 Å². The van der Waals surface area contributed by atoms with E-state index in [2.05, 4.69) is 4.98 Å². The van der Waals surface area contributed by atoms with Crippen LogP contribution in [0.15, 0.2) is 18.2 Å². The van der Waals surface area contributed by atoms with Crippen LogP contribution in [0.25, 0.3) is 0 Å². The summed E-state index contributed by atoms with van der Waals surface area (Å²) in [5.41, 5.74) is 1.59. The fourth-order valence-corrected chi connectivity index (χ4v) is 4.68. The molecule has 0 bridgehead atoms. The normalized spacial score (nSPS) is 27.8. The smallest absolute Gasteiger partial charge is 0.281 e. The molecule has 0 amide bonds. The molecular formula is C16H25N3O4S. The van der Waals surface area contributed by atoms with E-state index in [4.69, 9.17) is 9.47 Å². The van der Waals surface area contributed by atoms with Crippen LogP contribution in [-0.4, -0.2) is 69.0 Å². The number of aryl methyl sites for hydroxylation is 1. The third-order valence-electron chi connectivity index (χ3n) is 4.86. The van der Waals surface area contributed by atoms with Gasteiger partial charge in [-0.2, -0.15) is 17.0 Å². The van der Waals surface area contributed by atoms with Gasteiger partial charge in [-0.3, -0.25) is 4.98 Å². The van der Waals surface area contributed by atoms with Gasteiger partial charge < -0.3 is 9.47 Å². The first-order valence-corrected chi connectivity index (χ1v) is 9.49. The Kier molecular flexibility index (Phi) is 4.94. The van der Waals surface area contributed by atoms with E-state index in [-0.39, 0.29) is 11.3 Å². The lowest BCUT2D eigenvalue weighted by atomic mass is 9.82. The number of ether oxygens (including phenoxy) is 2. The van der Waals surface area contributed by atoms with Gasteiger partial charge in [0.25, 0.3) is 10.2 Å². The zero-order valence-electron chi connectivity index (χ0n) is 14.4. The number of nitrogens with zero attached hydrogens (tertiary/aromatic N) is 3. The molecule has 0 saturated carbocycles. The van der Waals surface area contributed by atoms with Gasteiger partial charge in [-0.15, -0.1) is 0 Å². The van der Waals surface area contributed by atoms with Crippen molar-refractivity contribution in [3.05, 3.63) is 29.6 Å². The Morgan fingerprint density at radius 3 is 2.96 bits per heavy atom. The Bertz CT molecular complexity index is 694. The van der Waals surface area contributed by atoms with Gasteiger partial charge in [-0.25, -0.2) is 0 Å². The molecule has 7 nitrogen and oxygen atoms in total. The second-order valence-electron chi connectivity index (χ2n) is 6.92. The molecule has 2 atom stereocenters. The van der Waals surface area contributed by atoms with Crippen LogP contribution >= 0.6 is 0 Å². The lowest BCUT2D eigenvalue weighted by molar-refractivity contribution is 0.0210. The number of hydrogen-bond acceptors (Lipinski definition) is 5.